The third-order valence-corrected chi connectivity index (χ3v) is 3.08. The Bertz CT molecular complexity index is 533. The van der Waals surface area contributed by atoms with E-state index in [2.05, 4.69) is 15.5 Å². The van der Waals surface area contributed by atoms with Crippen molar-refractivity contribution in [2.24, 2.45) is 0 Å². The van der Waals surface area contributed by atoms with E-state index >= 15 is 0 Å². The summed E-state index contributed by atoms with van der Waals surface area (Å²) in [5, 5.41) is 8.56. The number of nitrogens with zero attached hydrogens (tertiary/aromatic N) is 3. The Balaban J connectivity index is 1.92. The van der Waals surface area contributed by atoms with E-state index in [9.17, 15) is 0 Å². The fraction of sp³-hybridized carbons (Fsp3) is 0.385. The quantitative estimate of drug-likeness (QED) is 0.830. The SMILES string of the molecule is COc1ncccc1-c1cc(C2CCC[N]2)on1. The third kappa shape index (κ3) is 1.97. The van der Waals surface area contributed by atoms with Gasteiger partial charge in [-0.1, -0.05) is 5.16 Å². The summed E-state index contributed by atoms with van der Waals surface area (Å²) in [6, 6.07) is 5.86. The van der Waals surface area contributed by atoms with Crippen LogP contribution in [0.1, 0.15) is 24.6 Å². The zero-order chi connectivity index (χ0) is 12.4. The van der Waals surface area contributed by atoms with Gasteiger partial charge in [0.05, 0.1) is 18.7 Å². The first-order valence-corrected chi connectivity index (χ1v) is 6.01. The summed E-state index contributed by atoms with van der Waals surface area (Å²) in [6.07, 6.45) is 3.85. The second kappa shape index (κ2) is 4.78. The highest BCUT2D eigenvalue weighted by Gasteiger charge is 2.23. The van der Waals surface area contributed by atoms with E-state index in [-0.39, 0.29) is 6.04 Å². The van der Waals surface area contributed by atoms with Gasteiger partial charge in [0, 0.05) is 18.8 Å². The summed E-state index contributed by atoms with van der Waals surface area (Å²) in [5.41, 5.74) is 1.59. The maximum Gasteiger partial charge on any atom is 0.222 e. The molecule has 1 aliphatic rings. The van der Waals surface area contributed by atoms with Crippen LogP contribution >= 0.6 is 0 Å². The molecule has 5 nitrogen and oxygen atoms in total. The van der Waals surface area contributed by atoms with Gasteiger partial charge in [0.15, 0.2) is 5.76 Å². The molecule has 2 aromatic heterocycles. The average molecular weight is 244 g/mol. The van der Waals surface area contributed by atoms with E-state index in [0.717, 1.165) is 36.4 Å². The molecule has 0 N–H and O–H groups in total. The zero-order valence-electron chi connectivity index (χ0n) is 10.2. The molecule has 0 amide bonds. The van der Waals surface area contributed by atoms with Gasteiger partial charge < -0.3 is 9.26 Å². The fourth-order valence-electron chi connectivity index (χ4n) is 2.18. The highest BCUT2D eigenvalue weighted by molar-refractivity contribution is 5.64. The minimum atomic E-state index is 0.161. The Labute approximate surface area is 105 Å². The normalized spacial score (nSPS) is 19.1. The molecule has 5 heteroatoms. The Hall–Kier alpha value is -1.88. The summed E-state index contributed by atoms with van der Waals surface area (Å²) in [7, 11) is 1.60. The van der Waals surface area contributed by atoms with Crippen molar-refractivity contribution in [3.05, 3.63) is 30.2 Å². The number of methoxy groups -OCH3 is 1. The van der Waals surface area contributed by atoms with Crippen LogP contribution < -0.4 is 10.1 Å². The van der Waals surface area contributed by atoms with Crippen molar-refractivity contribution in [3.8, 4) is 17.1 Å². The van der Waals surface area contributed by atoms with Crippen molar-refractivity contribution in [1.82, 2.24) is 15.5 Å². The molecule has 0 aromatic carbocycles. The lowest BCUT2D eigenvalue weighted by Gasteiger charge is -2.03. The molecule has 1 saturated heterocycles. The van der Waals surface area contributed by atoms with Gasteiger partial charge in [0.2, 0.25) is 5.88 Å². The summed E-state index contributed by atoms with van der Waals surface area (Å²) in [4.78, 5) is 4.15. The highest BCUT2D eigenvalue weighted by Crippen LogP contribution is 2.31. The van der Waals surface area contributed by atoms with Crippen molar-refractivity contribution in [2.75, 3.05) is 13.7 Å². The smallest absolute Gasteiger partial charge is 0.222 e. The van der Waals surface area contributed by atoms with Gasteiger partial charge >= 0.3 is 0 Å². The second-order valence-electron chi connectivity index (χ2n) is 4.24. The standard InChI is InChI=1S/C13H14N3O2/c1-17-13-9(4-2-7-15-13)11-8-12(18-16-11)10-5-3-6-14-10/h2,4,7-8,10H,3,5-6H2,1H3. The first kappa shape index (κ1) is 11.2. The Morgan fingerprint density at radius 2 is 2.39 bits per heavy atom. The average Bonchev–Trinajstić information content (AvgIpc) is 3.09. The van der Waals surface area contributed by atoms with E-state index in [1.54, 1.807) is 13.3 Å². The Morgan fingerprint density at radius 1 is 1.44 bits per heavy atom. The van der Waals surface area contributed by atoms with Crippen LogP contribution in [0.3, 0.4) is 0 Å². The largest absolute Gasteiger partial charge is 0.481 e. The lowest BCUT2D eigenvalue weighted by Crippen LogP contribution is -2.03. The minimum absolute atomic E-state index is 0.161. The van der Waals surface area contributed by atoms with Gasteiger partial charge in [-0.05, 0) is 25.0 Å². The lowest BCUT2D eigenvalue weighted by molar-refractivity contribution is 0.351. The topological polar surface area (TPSA) is 62.2 Å². The van der Waals surface area contributed by atoms with Crippen LogP contribution in [-0.2, 0) is 0 Å². The van der Waals surface area contributed by atoms with Gasteiger partial charge in [-0.2, -0.15) is 0 Å². The third-order valence-electron chi connectivity index (χ3n) is 3.08. The maximum absolute atomic E-state index is 5.38. The predicted molar refractivity (Wildman–Crippen MR) is 65.3 cm³/mol. The number of hydrogen-bond acceptors (Lipinski definition) is 4. The lowest BCUT2D eigenvalue weighted by atomic mass is 10.1. The van der Waals surface area contributed by atoms with Crippen LogP contribution in [0, 0.1) is 0 Å². The number of ether oxygens (including phenoxy) is 1. The molecule has 93 valence electrons. The fourth-order valence-corrected chi connectivity index (χ4v) is 2.18. The molecular weight excluding hydrogens is 230 g/mol. The Kier molecular flexibility index (Phi) is 2.98. The predicted octanol–water partition coefficient (Wildman–Crippen LogP) is 2.18. The minimum Gasteiger partial charge on any atom is -0.481 e. The zero-order valence-corrected chi connectivity index (χ0v) is 10.2. The molecule has 2 aromatic rings. The molecule has 0 aliphatic carbocycles. The van der Waals surface area contributed by atoms with Gasteiger partial charge in [-0.15, -0.1) is 0 Å². The molecule has 18 heavy (non-hydrogen) atoms. The first-order valence-electron chi connectivity index (χ1n) is 6.01. The summed E-state index contributed by atoms with van der Waals surface area (Å²) < 4.78 is 10.6. The molecular formula is C13H14N3O2. The van der Waals surface area contributed by atoms with Crippen LogP contribution in [-0.4, -0.2) is 23.8 Å². The molecule has 1 unspecified atom stereocenters. The molecule has 3 heterocycles. The molecule has 1 atom stereocenters. The van der Waals surface area contributed by atoms with Crippen molar-refractivity contribution < 1.29 is 9.26 Å². The van der Waals surface area contributed by atoms with Crippen LogP contribution in [0.15, 0.2) is 28.9 Å². The van der Waals surface area contributed by atoms with Crippen molar-refractivity contribution in [3.63, 3.8) is 0 Å². The van der Waals surface area contributed by atoms with E-state index in [1.807, 2.05) is 18.2 Å². The monoisotopic (exact) mass is 244 g/mol. The van der Waals surface area contributed by atoms with Crippen LogP contribution in [0.25, 0.3) is 11.3 Å². The number of rotatable bonds is 3. The van der Waals surface area contributed by atoms with Crippen molar-refractivity contribution >= 4 is 0 Å². The summed E-state index contributed by atoms with van der Waals surface area (Å²) >= 11 is 0. The van der Waals surface area contributed by atoms with Gasteiger partial charge in [-0.25, -0.2) is 10.3 Å². The molecule has 0 saturated carbocycles. The number of pyridine rings is 1. The van der Waals surface area contributed by atoms with Gasteiger partial charge in [0.1, 0.15) is 5.69 Å². The van der Waals surface area contributed by atoms with E-state index in [1.165, 1.54) is 0 Å². The highest BCUT2D eigenvalue weighted by atomic mass is 16.5. The van der Waals surface area contributed by atoms with Crippen LogP contribution in [0.2, 0.25) is 0 Å². The van der Waals surface area contributed by atoms with E-state index in [4.69, 9.17) is 9.26 Å². The summed E-state index contributed by atoms with van der Waals surface area (Å²) in [5.74, 6) is 1.38. The molecule has 1 aliphatic heterocycles. The van der Waals surface area contributed by atoms with Crippen molar-refractivity contribution in [1.29, 1.82) is 0 Å². The molecule has 1 radical (unpaired) electrons. The molecule has 0 bridgehead atoms. The van der Waals surface area contributed by atoms with E-state index < -0.39 is 0 Å². The van der Waals surface area contributed by atoms with Crippen LogP contribution in [0.5, 0.6) is 5.88 Å². The van der Waals surface area contributed by atoms with Gasteiger partial charge in [0.25, 0.3) is 0 Å². The maximum atomic E-state index is 5.38. The van der Waals surface area contributed by atoms with Crippen molar-refractivity contribution in [2.45, 2.75) is 18.9 Å². The Morgan fingerprint density at radius 3 is 3.17 bits per heavy atom. The molecule has 3 rings (SSSR count). The molecule has 0 spiro atoms. The van der Waals surface area contributed by atoms with E-state index in [0.29, 0.717) is 5.88 Å². The second-order valence-corrected chi connectivity index (χ2v) is 4.24. The summed E-state index contributed by atoms with van der Waals surface area (Å²) in [6.45, 7) is 0.914. The number of hydrogen-bond donors (Lipinski definition) is 0. The molecule has 1 fully saturated rings. The first-order chi connectivity index (χ1) is 8.88. The van der Waals surface area contributed by atoms with Gasteiger partial charge in [-0.3, -0.25) is 0 Å². The van der Waals surface area contributed by atoms with Crippen LogP contribution in [0.4, 0.5) is 0 Å². The number of aromatic nitrogens is 2.